The number of amides is 1. The SMILES string of the molecule is CCC(CC)C(=O)NCC(c1ccsc1)N1CCCCC1. The van der Waals surface area contributed by atoms with Crippen molar-refractivity contribution >= 4 is 17.2 Å². The first-order chi connectivity index (χ1) is 10.3. The van der Waals surface area contributed by atoms with Gasteiger partial charge in [-0.3, -0.25) is 9.69 Å². The summed E-state index contributed by atoms with van der Waals surface area (Å²) in [6.07, 6.45) is 5.75. The van der Waals surface area contributed by atoms with Crippen LogP contribution in [0.3, 0.4) is 0 Å². The van der Waals surface area contributed by atoms with Crippen LogP contribution in [0.1, 0.15) is 57.6 Å². The number of carbonyl (C=O) groups is 1. The van der Waals surface area contributed by atoms with Gasteiger partial charge in [-0.15, -0.1) is 0 Å². The molecule has 1 atom stereocenters. The van der Waals surface area contributed by atoms with E-state index < -0.39 is 0 Å². The van der Waals surface area contributed by atoms with Crippen molar-refractivity contribution in [2.24, 2.45) is 5.92 Å². The smallest absolute Gasteiger partial charge is 0.223 e. The average molecular weight is 308 g/mol. The quantitative estimate of drug-likeness (QED) is 0.830. The molecule has 1 N–H and O–H groups in total. The highest BCUT2D eigenvalue weighted by Crippen LogP contribution is 2.26. The molecule has 1 fully saturated rings. The Morgan fingerprint density at radius 1 is 1.29 bits per heavy atom. The number of piperidine rings is 1. The molecule has 0 bridgehead atoms. The Hall–Kier alpha value is -0.870. The van der Waals surface area contributed by atoms with Gasteiger partial charge >= 0.3 is 0 Å². The molecule has 21 heavy (non-hydrogen) atoms. The van der Waals surface area contributed by atoms with Crippen LogP contribution in [-0.2, 0) is 4.79 Å². The number of hydrogen-bond donors (Lipinski definition) is 1. The molecule has 2 rings (SSSR count). The van der Waals surface area contributed by atoms with Gasteiger partial charge in [-0.1, -0.05) is 20.3 Å². The topological polar surface area (TPSA) is 32.3 Å². The van der Waals surface area contributed by atoms with E-state index in [0.717, 1.165) is 32.5 Å². The lowest BCUT2D eigenvalue weighted by molar-refractivity contribution is -0.125. The third kappa shape index (κ3) is 4.55. The van der Waals surface area contributed by atoms with Crippen LogP contribution >= 0.6 is 11.3 Å². The van der Waals surface area contributed by atoms with Crippen LogP contribution in [0, 0.1) is 5.92 Å². The number of likely N-dealkylation sites (tertiary alicyclic amines) is 1. The molecule has 118 valence electrons. The monoisotopic (exact) mass is 308 g/mol. The van der Waals surface area contributed by atoms with Gasteiger partial charge < -0.3 is 5.32 Å². The summed E-state index contributed by atoms with van der Waals surface area (Å²) < 4.78 is 0. The van der Waals surface area contributed by atoms with E-state index in [1.54, 1.807) is 11.3 Å². The molecule has 4 heteroatoms. The molecule has 1 aromatic heterocycles. The van der Waals surface area contributed by atoms with Gasteiger partial charge in [0.05, 0.1) is 6.04 Å². The van der Waals surface area contributed by atoms with Crippen molar-refractivity contribution in [3.63, 3.8) is 0 Å². The molecule has 1 aliphatic heterocycles. The summed E-state index contributed by atoms with van der Waals surface area (Å²) in [5.41, 5.74) is 1.35. The molecule has 0 aromatic carbocycles. The molecule has 0 aliphatic carbocycles. The third-order valence-electron chi connectivity index (χ3n) is 4.59. The number of rotatable bonds is 7. The Bertz CT molecular complexity index is 408. The van der Waals surface area contributed by atoms with Crippen molar-refractivity contribution < 1.29 is 4.79 Å². The first-order valence-electron chi connectivity index (χ1n) is 8.30. The zero-order valence-electron chi connectivity index (χ0n) is 13.3. The minimum absolute atomic E-state index is 0.162. The Labute approximate surface area is 132 Å². The second-order valence-electron chi connectivity index (χ2n) is 5.93. The fourth-order valence-electron chi connectivity index (χ4n) is 3.15. The summed E-state index contributed by atoms with van der Waals surface area (Å²) in [4.78, 5) is 14.8. The maximum atomic E-state index is 12.2. The Morgan fingerprint density at radius 3 is 2.57 bits per heavy atom. The molecule has 1 amide bonds. The van der Waals surface area contributed by atoms with Gasteiger partial charge in [-0.05, 0) is 61.2 Å². The van der Waals surface area contributed by atoms with E-state index >= 15 is 0 Å². The Kier molecular flexibility index (Phi) is 6.71. The highest BCUT2D eigenvalue weighted by molar-refractivity contribution is 7.07. The largest absolute Gasteiger partial charge is 0.354 e. The van der Waals surface area contributed by atoms with E-state index in [-0.39, 0.29) is 11.8 Å². The molecular weight excluding hydrogens is 280 g/mol. The van der Waals surface area contributed by atoms with Crippen molar-refractivity contribution in [3.8, 4) is 0 Å². The van der Waals surface area contributed by atoms with Crippen LogP contribution in [0.15, 0.2) is 16.8 Å². The lowest BCUT2D eigenvalue weighted by Crippen LogP contribution is -2.41. The van der Waals surface area contributed by atoms with Gasteiger partial charge in [-0.25, -0.2) is 0 Å². The molecule has 1 aromatic rings. The van der Waals surface area contributed by atoms with Crippen LogP contribution in [0.5, 0.6) is 0 Å². The lowest BCUT2D eigenvalue weighted by atomic mass is 10.0. The summed E-state index contributed by atoms with van der Waals surface area (Å²) in [5, 5.41) is 7.55. The second kappa shape index (κ2) is 8.54. The molecule has 0 radical (unpaired) electrons. The zero-order chi connectivity index (χ0) is 15.1. The fourth-order valence-corrected chi connectivity index (χ4v) is 3.86. The first-order valence-corrected chi connectivity index (χ1v) is 9.24. The van der Waals surface area contributed by atoms with Gasteiger partial charge in [0.15, 0.2) is 0 Å². The maximum Gasteiger partial charge on any atom is 0.223 e. The zero-order valence-corrected chi connectivity index (χ0v) is 14.1. The number of nitrogens with zero attached hydrogens (tertiary/aromatic N) is 1. The van der Waals surface area contributed by atoms with E-state index in [0.29, 0.717) is 6.04 Å². The highest BCUT2D eigenvalue weighted by atomic mass is 32.1. The highest BCUT2D eigenvalue weighted by Gasteiger charge is 2.24. The van der Waals surface area contributed by atoms with Gasteiger partial charge in [-0.2, -0.15) is 11.3 Å². The Morgan fingerprint density at radius 2 is 2.00 bits per heavy atom. The van der Waals surface area contributed by atoms with E-state index in [1.165, 1.54) is 24.8 Å². The minimum atomic E-state index is 0.162. The Balaban J connectivity index is 1.98. The van der Waals surface area contributed by atoms with Crippen molar-refractivity contribution in [1.82, 2.24) is 10.2 Å². The van der Waals surface area contributed by atoms with E-state index in [9.17, 15) is 4.79 Å². The van der Waals surface area contributed by atoms with Crippen molar-refractivity contribution in [2.75, 3.05) is 19.6 Å². The molecule has 0 saturated carbocycles. The molecular formula is C17H28N2OS. The maximum absolute atomic E-state index is 12.2. The van der Waals surface area contributed by atoms with Crippen LogP contribution in [0.25, 0.3) is 0 Å². The standard InChI is InChI=1S/C17H28N2OS/c1-3-14(4-2)17(20)18-12-16(15-8-11-21-13-15)19-9-6-5-7-10-19/h8,11,13-14,16H,3-7,9-10,12H2,1-2H3,(H,18,20). The van der Waals surface area contributed by atoms with E-state index in [2.05, 4.69) is 40.9 Å². The van der Waals surface area contributed by atoms with E-state index in [4.69, 9.17) is 0 Å². The van der Waals surface area contributed by atoms with Crippen molar-refractivity contribution in [2.45, 2.75) is 52.0 Å². The fraction of sp³-hybridized carbons (Fsp3) is 0.706. The van der Waals surface area contributed by atoms with Gasteiger partial charge in [0.1, 0.15) is 0 Å². The van der Waals surface area contributed by atoms with E-state index in [1.807, 2.05) is 0 Å². The number of hydrogen-bond acceptors (Lipinski definition) is 3. The van der Waals surface area contributed by atoms with Crippen LogP contribution in [0.2, 0.25) is 0 Å². The van der Waals surface area contributed by atoms with Crippen LogP contribution in [0.4, 0.5) is 0 Å². The molecule has 3 nitrogen and oxygen atoms in total. The summed E-state index contributed by atoms with van der Waals surface area (Å²) in [7, 11) is 0. The summed E-state index contributed by atoms with van der Waals surface area (Å²) in [5.74, 6) is 0.381. The first kappa shape index (κ1) is 16.5. The molecule has 1 saturated heterocycles. The molecule has 2 heterocycles. The molecule has 1 aliphatic rings. The lowest BCUT2D eigenvalue weighted by Gasteiger charge is -2.34. The van der Waals surface area contributed by atoms with Crippen LogP contribution in [-0.4, -0.2) is 30.4 Å². The van der Waals surface area contributed by atoms with Crippen molar-refractivity contribution in [3.05, 3.63) is 22.4 Å². The molecule has 1 unspecified atom stereocenters. The normalized spacial score (nSPS) is 17.9. The average Bonchev–Trinajstić information content (AvgIpc) is 3.04. The predicted molar refractivity (Wildman–Crippen MR) is 89.6 cm³/mol. The van der Waals surface area contributed by atoms with Gasteiger partial charge in [0.2, 0.25) is 5.91 Å². The predicted octanol–water partition coefficient (Wildman–Crippen LogP) is 3.83. The number of carbonyl (C=O) groups excluding carboxylic acids is 1. The summed E-state index contributed by atoms with van der Waals surface area (Å²) in [6.45, 7) is 7.23. The minimum Gasteiger partial charge on any atom is -0.354 e. The molecule has 0 spiro atoms. The third-order valence-corrected chi connectivity index (χ3v) is 5.29. The number of nitrogens with one attached hydrogen (secondary N) is 1. The van der Waals surface area contributed by atoms with Crippen LogP contribution < -0.4 is 5.32 Å². The van der Waals surface area contributed by atoms with Gasteiger partial charge in [0, 0.05) is 12.5 Å². The van der Waals surface area contributed by atoms with Crippen molar-refractivity contribution in [1.29, 1.82) is 0 Å². The summed E-state index contributed by atoms with van der Waals surface area (Å²) in [6, 6.07) is 2.54. The summed E-state index contributed by atoms with van der Waals surface area (Å²) >= 11 is 1.74. The van der Waals surface area contributed by atoms with Gasteiger partial charge in [0.25, 0.3) is 0 Å². The second-order valence-corrected chi connectivity index (χ2v) is 6.71. The number of thiophene rings is 1.